The SMILES string of the molecule is CCNC(=NCc1scnc1C)NCC(C)(C)c1ccccc1.I. The second-order valence-corrected chi connectivity index (χ2v) is 7.10. The predicted octanol–water partition coefficient (Wildman–Crippen LogP) is 4.10. The summed E-state index contributed by atoms with van der Waals surface area (Å²) < 4.78 is 0. The number of halogens is 1. The third-order valence-corrected chi connectivity index (χ3v) is 4.74. The largest absolute Gasteiger partial charge is 0.357 e. The highest BCUT2D eigenvalue weighted by atomic mass is 127. The molecule has 132 valence electrons. The van der Waals surface area contributed by atoms with Crippen LogP contribution in [0.4, 0.5) is 0 Å². The van der Waals surface area contributed by atoms with E-state index in [9.17, 15) is 0 Å². The van der Waals surface area contributed by atoms with Crippen LogP contribution in [0.1, 0.15) is 36.9 Å². The van der Waals surface area contributed by atoms with E-state index >= 15 is 0 Å². The topological polar surface area (TPSA) is 49.3 Å². The van der Waals surface area contributed by atoms with Gasteiger partial charge in [0.2, 0.25) is 0 Å². The van der Waals surface area contributed by atoms with Gasteiger partial charge in [-0.05, 0) is 19.4 Å². The lowest BCUT2D eigenvalue weighted by atomic mass is 9.85. The lowest BCUT2D eigenvalue weighted by molar-refractivity contribution is 0.508. The van der Waals surface area contributed by atoms with E-state index < -0.39 is 0 Å². The van der Waals surface area contributed by atoms with Crippen LogP contribution in [0.25, 0.3) is 0 Å². The molecule has 2 aromatic rings. The maximum Gasteiger partial charge on any atom is 0.191 e. The summed E-state index contributed by atoms with van der Waals surface area (Å²) >= 11 is 1.66. The monoisotopic (exact) mass is 458 g/mol. The number of hydrogen-bond donors (Lipinski definition) is 2. The number of hydrogen-bond acceptors (Lipinski definition) is 3. The van der Waals surface area contributed by atoms with Gasteiger partial charge < -0.3 is 10.6 Å². The molecule has 6 heteroatoms. The zero-order chi connectivity index (χ0) is 16.7. The lowest BCUT2D eigenvalue weighted by Crippen LogP contribution is -2.43. The third kappa shape index (κ3) is 6.05. The second kappa shape index (κ2) is 9.98. The Hall–Kier alpha value is -1.15. The molecule has 4 nitrogen and oxygen atoms in total. The van der Waals surface area contributed by atoms with Crippen LogP contribution in [0.5, 0.6) is 0 Å². The molecule has 0 saturated carbocycles. The molecule has 0 aliphatic rings. The summed E-state index contributed by atoms with van der Waals surface area (Å²) in [5, 5.41) is 6.78. The van der Waals surface area contributed by atoms with Crippen molar-refractivity contribution in [1.82, 2.24) is 15.6 Å². The number of guanidine groups is 1. The molecule has 0 unspecified atom stereocenters. The highest BCUT2D eigenvalue weighted by molar-refractivity contribution is 14.0. The Kier molecular flexibility index (Phi) is 8.69. The molecule has 0 atom stereocenters. The zero-order valence-corrected chi connectivity index (χ0v) is 17.9. The van der Waals surface area contributed by atoms with Crippen LogP contribution >= 0.6 is 35.3 Å². The number of aliphatic imine (C=N–C) groups is 1. The van der Waals surface area contributed by atoms with Crippen LogP contribution in [0.15, 0.2) is 40.8 Å². The summed E-state index contributed by atoms with van der Waals surface area (Å²) in [6.45, 7) is 10.9. The number of thiazole rings is 1. The molecule has 0 radical (unpaired) electrons. The van der Waals surface area contributed by atoms with E-state index in [-0.39, 0.29) is 29.4 Å². The molecule has 1 heterocycles. The molecule has 1 aromatic heterocycles. The van der Waals surface area contributed by atoms with Crippen molar-refractivity contribution >= 4 is 41.3 Å². The normalized spacial score (nSPS) is 11.8. The van der Waals surface area contributed by atoms with E-state index in [1.54, 1.807) is 11.3 Å². The molecule has 0 fully saturated rings. The Morgan fingerprint density at radius 2 is 1.92 bits per heavy atom. The van der Waals surface area contributed by atoms with Crippen LogP contribution < -0.4 is 10.6 Å². The predicted molar refractivity (Wildman–Crippen MR) is 115 cm³/mol. The Morgan fingerprint density at radius 1 is 1.21 bits per heavy atom. The van der Waals surface area contributed by atoms with Gasteiger partial charge in [-0.25, -0.2) is 9.98 Å². The molecule has 0 aliphatic carbocycles. The standard InChI is InChI=1S/C18H26N4S.HI/c1-5-19-17(20-11-16-14(2)22-13-23-16)21-12-18(3,4)15-9-7-6-8-10-15;/h6-10,13H,5,11-12H2,1-4H3,(H2,19,20,21);1H. The Labute approximate surface area is 166 Å². The summed E-state index contributed by atoms with van der Waals surface area (Å²) in [5.41, 5.74) is 4.30. The van der Waals surface area contributed by atoms with Gasteiger partial charge >= 0.3 is 0 Å². The summed E-state index contributed by atoms with van der Waals surface area (Å²) in [6.07, 6.45) is 0. The maximum absolute atomic E-state index is 4.68. The first-order valence-corrected chi connectivity index (χ1v) is 8.87. The highest BCUT2D eigenvalue weighted by Gasteiger charge is 2.20. The molecule has 0 saturated heterocycles. The lowest BCUT2D eigenvalue weighted by Gasteiger charge is -2.26. The number of nitrogens with zero attached hydrogens (tertiary/aromatic N) is 2. The minimum Gasteiger partial charge on any atom is -0.357 e. The van der Waals surface area contributed by atoms with Crippen molar-refractivity contribution in [1.29, 1.82) is 0 Å². The number of aromatic nitrogens is 1. The van der Waals surface area contributed by atoms with Gasteiger partial charge in [-0.2, -0.15) is 0 Å². The van der Waals surface area contributed by atoms with Crippen molar-refractivity contribution in [3.05, 3.63) is 52.0 Å². The van der Waals surface area contributed by atoms with E-state index in [2.05, 4.69) is 71.7 Å². The molecule has 24 heavy (non-hydrogen) atoms. The van der Waals surface area contributed by atoms with Gasteiger partial charge in [-0.1, -0.05) is 44.2 Å². The molecule has 0 spiro atoms. The van der Waals surface area contributed by atoms with Gasteiger partial charge in [0.15, 0.2) is 5.96 Å². The van der Waals surface area contributed by atoms with E-state index in [0.717, 1.165) is 24.7 Å². The molecular formula is C18H27IN4S. The third-order valence-electron chi connectivity index (χ3n) is 3.82. The summed E-state index contributed by atoms with van der Waals surface area (Å²) in [7, 11) is 0. The maximum atomic E-state index is 4.68. The Morgan fingerprint density at radius 3 is 2.50 bits per heavy atom. The van der Waals surface area contributed by atoms with Crippen molar-refractivity contribution < 1.29 is 0 Å². The van der Waals surface area contributed by atoms with Crippen LogP contribution in [0.3, 0.4) is 0 Å². The minimum absolute atomic E-state index is 0. The van der Waals surface area contributed by atoms with Gasteiger partial charge in [-0.3, -0.25) is 0 Å². The van der Waals surface area contributed by atoms with E-state index in [4.69, 9.17) is 0 Å². The van der Waals surface area contributed by atoms with Crippen molar-refractivity contribution in [2.75, 3.05) is 13.1 Å². The van der Waals surface area contributed by atoms with Gasteiger partial charge in [0.1, 0.15) is 0 Å². The summed E-state index contributed by atoms with van der Waals surface area (Å²) in [5.74, 6) is 0.851. The summed E-state index contributed by atoms with van der Waals surface area (Å²) in [4.78, 5) is 10.2. The van der Waals surface area contributed by atoms with Gasteiger partial charge in [-0.15, -0.1) is 35.3 Å². The van der Waals surface area contributed by atoms with Crippen molar-refractivity contribution in [3.63, 3.8) is 0 Å². The summed E-state index contributed by atoms with van der Waals surface area (Å²) in [6, 6.07) is 10.6. The average Bonchev–Trinajstić information content (AvgIpc) is 2.96. The number of benzene rings is 1. The fraction of sp³-hybridized carbons (Fsp3) is 0.444. The smallest absolute Gasteiger partial charge is 0.191 e. The van der Waals surface area contributed by atoms with Crippen molar-refractivity contribution in [2.24, 2.45) is 4.99 Å². The molecule has 2 N–H and O–H groups in total. The van der Waals surface area contributed by atoms with Crippen LogP contribution in [-0.2, 0) is 12.0 Å². The number of aryl methyl sites for hydroxylation is 1. The van der Waals surface area contributed by atoms with Crippen LogP contribution in [0, 0.1) is 6.92 Å². The van der Waals surface area contributed by atoms with Gasteiger partial charge in [0.25, 0.3) is 0 Å². The molecule has 1 aromatic carbocycles. The molecule has 0 amide bonds. The number of nitrogens with one attached hydrogen (secondary N) is 2. The van der Waals surface area contributed by atoms with E-state index in [0.29, 0.717) is 6.54 Å². The van der Waals surface area contributed by atoms with Crippen molar-refractivity contribution in [2.45, 2.75) is 39.7 Å². The molecule has 0 aliphatic heterocycles. The molecule has 2 rings (SSSR count). The Balaban J connectivity index is 0.00000288. The van der Waals surface area contributed by atoms with Crippen LogP contribution in [0.2, 0.25) is 0 Å². The highest BCUT2D eigenvalue weighted by Crippen LogP contribution is 2.21. The van der Waals surface area contributed by atoms with Gasteiger partial charge in [0.05, 0.1) is 17.7 Å². The first kappa shape index (κ1) is 20.9. The van der Waals surface area contributed by atoms with Crippen LogP contribution in [-0.4, -0.2) is 24.0 Å². The molecular weight excluding hydrogens is 431 g/mol. The number of rotatable bonds is 6. The van der Waals surface area contributed by atoms with E-state index in [1.165, 1.54) is 10.4 Å². The fourth-order valence-corrected chi connectivity index (χ4v) is 2.97. The first-order valence-electron chi connectivity index (χ1n) is 7.99. The molecule has 0 bridgehead atoms. The Bertz CT molecular complexity index is 637. The first-order chi connectivity index (χ1) is 11.0. The average molecular weight is 458 g/mol. The van der Waals surface area contributed by atoms with Gasteiger partial charge in [0, 0.05) is 23.4 Å². The quantitative estimate of drug-likeness (QED) is 0.389. The van der Waals surface area contributed by atoms with E-state index in [1.807, 2.05) is 12.4 Å². The second-order valence-electron chi connectivity index (χ2n) is 6.16. The zero-order valence-electron chi connectivity index (χ0n) is 14.8. The minimum atomic E-state index is 0. The fourth-order valence-electron chi connectivity index (χ4n) is 2.27. The van der Waals surface area contributed by atoms with Crippen molar-refractivity contribution in [3.8, 4) is 0 Å².